The Morgan fingerprint density at radius 2 is 1.91 bits per heavy atom. The van der Waals surface area contributed by atoms with Crippen LogP contribution in [0.3, 0.4) is 0 Å². The molecular weight excluding hydrogens is 302 g/mol. The number of anilines is 1. The molecule has 0 spiro atoms. The number of rotatable bonds is 7. The topological polar surface area (TPSA) is 47.6 Å². The van der Waals surface area contributed by atoms with Crippen LogP contribution in [-0.4, -0.2) is 26.2 Å². The fraction of sp³-hybridized carbons (Fsp3) is 0.235. The lowest BCUT2D eigenvalue weighted by molar-refractivity contribution is -0.115. The van der Waals surface area contributed by atoms with Gasteiger partial charge in [0.25, 0.3) is 0 Å². The highest BCUT2D eigenvalue weighted by Crippen LogP contribution is 2.18. The van der Waals surface area contributed by atoms with Gasteiger partial charge in [-0.3, -0.25) is 4.79 Å². The number of carbonyl (C=O) groups is 1. The van der Waals surface area contributed by atoms with E-state index in [1.165, 1.54) is 0 Å². The summed E-state index contributed by atoms with van der Waals surface area (Å²) in [6.45, 7) is 0.992. The molecule has 2 aromatic rings. The number of amides is 1. The summed E-state index contributed by atoms with van der Waals surface area (Å²) in [6.07, 6.45) is 0.298. The fourth-order valence-corrected chi connectivity index (χ4v) is 2.03. The minimum atomic E-state index is -0.0867. The van der Waals surface area contributed by atoms with Crippen LogP contribution in [0, 0.1) is 0 Å². The van der Waals surface area contributed by atoms with Crippen molar-refractivity contribution in [3.63, 3.8) is 0 Å². The number of ether oxygens (including phenoxy) is 2. The summed E-state index contributed by atoms with van der Waals surface area (Å²) >= 11 is 5.82. The summed E-state index contributed by atoms with van der Waals surface area (Å²) in [5.74, 6) is 0.609. The summed E-state index contributed by atoms with van der Waals surface area (Å²) in [4.78, 5) is 12.0. The lowest BCUT2D eigenvalue weighted by atomic mass is 10.1. The Labute approximate surface area is 135 Å². The summed E-state index contributed by atoms with van der Waals surface area (Å²) in [7, 11) is 1.62. The minimum Gasteiger partial charge on any atom is -0.491 e. The highest BCUT2D eigenvalue weighted by atomic mass is 35.5. The molecule has 1 N–H and O–H groups in total. The van der Waals surface area contributed by atoms with Gasteiger partial charge in [0.05, 0.1) is 13.0 Å². The van der Waals surface area contributed by atoms with Crippen LogP contribution in [0.1, 0.15) is 5.56 Å². The third kappa shape index (κ3) is 5.39. The molecule has 5 heteroatoms. The maximum absolute atomic E-state index is 12.0. The monoisotopic (exact) mass is 319 g/mol. The van der Waals surface area contributed by atoms with E-state index in [0.29, 0.717) is 36.1 Å². The quantitative estimate of drug-likeness (QED) is 0.794. The van der Waals surface area contributed by atoms with Crippen LogP contribution in [0.15, 0.2) is 48.5 Å². The Hall–Kier alpha value is -2.04. The van der Waals surface area contributed by atoms with Crippen LogP contribution in [0.2, 0.25) is 5.02 Å². The van der Waals surface area contributed by atoms with Crippen LogP contribution in [0.5, 0.6) is 5.75 Å². The molecule has 0 aliphatic carbocycles. The average molecular weight is 320 g/mol. The van der Waals surface area contributed by atoms with E-state index in [4.69, 9.17) is 21.1 Å². The lowest BCUT2D eigenvalue weighted by Gasteiger charge is -2.09. The largest absolute Gasteiger partial charge is 0.491 e. The van der Waals surface area contributed by atoms with Gasteiger partial charge in [-0.15, -0.1) is 0 Å². The van der Waals surface area contributed by atoms with E-state index in [9.17, 15) is 4.79 Å². The lowest BCUT2D eigenvalue weighted by Crippen LogP contribution is -2.14. The van der Waals surface area contributed by atoms with Crippen molar-refractivity contribution in [2.24, 2.45) is 0 Å². The maximum Gasteiger partial charge on any atom is 0.228 e. The Bertz CT molecular complexity index is 614. The highest BCUT2D eigenvalue weighted by Gasteiger charge is 2.05. The number of hydrogen-bond acceptors (Lipinski definition) is 3. The first-order valence-corrected chi connectivity index (χ1v) is 7.31. The first-order chi connectivity index (χ1) is 10.7. The van der Waals surface area contributed by atoms with Crippen molar-refractivity contribution in [1.82, 2.24) is 0 Å². The van der Waals surface area contributed by atoms with Crippen molar-refractivity contribution in [2.75, 3.05) is 25.6 Å². The van der Waals surface area contributed by atoms with Gasteiger partial charge in [0.2, 0.25) is 5.91 Å². The van der Waals surface area contributed by atoms with Gasteiger partial charge in [0.1, 0.15) is 12.4 Å². The number of nitrogens with one attached hydrogen (secondary N) is 1. The summed E-state index contributed by atoms with van der Waals surface area (Å²) in [6, 6.07) is 14.5. The van der Waals surface area contributed by atoms with Crippen molar-refractivity contribution in [3.05, 3.63) is 59.1 Å². The van der Waals surface area contributed by atoms with Crippen molar-refractivity contribution >= 4 is 23.2 Å². The third-order valence-electron chi connectivity index (χ3n) is 2.95. The predicted octanol–water partition coefficient (Wildman–Crippen LogP) is 3.55. The molecule has 0 saturated heterocycles. The Morgan fingerprint density at radius 1 is 1.14 bits per heavy atom. The minimum absolute atomic E-state index is 0.0867. The van der Waals surface area contributed by atoms with Gasteiger partial charge in [-0.25, -0.2) is 0 Å². The average Bonchev–Trinajstić information content (AvgIpc) is 2.50. The zero-order chi connectivity index (χ0) is 15.8. The van der Waals surface area contributed by atoms with E-state index in [2.05, 4.69) is 5.32 Å². The van der Waals surface area contributed by atoms with Crippen molar-refractivity contribution in [3.8, 4) is 5.75 Å². The standard InChI is InChI=1S/C17H18ClNO3/c1-21-9-10-22-16-4-2-3-15(12-16)19-17(20)11-13-5-7-14(18)8-6-13/h2-8,12H,9-11H2,1H3,(H,19,20). The summed E-state index contributed by atoms with van der Waals surface area (Å²) in [5.41, 5.74) is 1.61. The number of benzene rings is 2. The Balaban J connectivity index is 1.90. The van der Waals surface area contributed by atoms with Gasteiger partial charge >= 0.3 is 0 Å². The van der Waals surface area contributed by atoms with E-state index >= 15 is 0 Å². The van der Waals surface area contributed by atoms with Crippen LogP contribution >= 0.6 is 11.6 Å². The molecule has 2 rings (SSSR count). The molecule has 0 saturated carbocycles. The molecule has 2 aromatic carbocycles. The zero-order valence-electron chi connectivity index (χ0n) is 12.3. The molecule has 22 heavy (non-hydrogen) atoms. The van der Waals surface area contributed by atoms with E-state index in [1.54, 1.807) is 25.3 Å². The fourth-order valence-electron chi connectivity index (χ4n) is 1.90. The number of hydrogen-bond donors (Lipinski definition) is 1. The number of methoxy groups -OCH3 is 1. The van der Waals surface area contributed by atoms with Crippen LogP contribution in [0.4, 0.5) is 5.69 Å². The molecule has 0 aliphatic heterocycles. The molecule has 0 fully saturated rings. The molecule has 116 valence electrons. The van der Waals surface area contributed by atoms with E-state index < -0.39 is 0 Å². The third-order valence-corrected chi connectivity index (χ3v) is 3.20. The molecule has 0 unspecified atom stereocenters. The SMILES string of the molecule is COCCOc1cccc(NC(=O)Cc2ccc(Cl)cc2)c1. The smallest absolute Gasteiger partial charge is 0.228 e. The van der Waals surface area contributed by atoms with Crippen molar-refractivity contribution in [2.45, 2.75) is 6.42 Å². The summed E-state index contributed by atoms with van der Waals surface area (Å²) in [5, 5.41) is 3.51. The normalized spacial score (nSPS) is 10.3. The van der Waals surface area contributed by atoms with Gasteiger partial charge in [-0.1, -0.05) is 29.8 Å². The molecule has 0 aliphatic rings. The van der Waals surface area contributed by atoms with Gasteiger partial charge in [0.15, 0.2) is 0 Å². The van der Waals surface area contributed by atoms with Gasteiger partial charge in [-0.2, -0.15) is 0 Å². The predicted molar refractivity (Wildman–Crippen MR) is 87.6 cm³/mol. The van der Waals surface area contributed by atoms with E-state index in [1.807, 2.05) is 30.3 Å². The molecule has 1 amide bonds. The van der Waals surface area contributed by atoms with E-state index in [0.717, 1.165) is 5.56 Å². The Morgan fingerprint density at radius 3 is 2.64 bits per heavy atom. The summed E-state index contributed by atoms with van der Waals surface area (Å²) < 4.78 is 10.4. The molecule has 0 bridgehead atoms. The van der Waals surface area contributed by atoms with Gasteiger partial charge in [0, 0.05) is 23.9 Å². The Kier molecular flexibility index (Phi) is 6.25. The van der Waals surface area contributed by atoms with Gasteiger partial charge in [-0.05, 0) is 29.8 Å². The molecule has 0 heterocycles. The maximum atomic E-state index is 12.0. The van der Waals surface area contributed by atoms with Crippen molar-refractivity contribution in [1.29, 1.82) is 0 Å². The molecule has 4 nitrogen and oxygen atoms in total. The first-order valence-electron chi connectivity index (χ1n) is 6.93. The van der Waals surface area contributed by atoms with Crippen LogP contribution in [-0.2, 0) is 16.0 Å². The molecule has 0 aromatic heterocycles. The molecular formula is C17H18ClNO3. The second-order valence-corrected chi connectivity index (χ2v) is 5.16. The number of halogens is 1. The highest BCUT2D eigenvalue weighted by molar-refractivity contribution is 6.30. The molecule has 0 atom stereocenters. The van der Waals surface area contributed by atoms with Gasteiger partial charge < -0.3 is 14.8 Å². The molecule has 0 radical (unpaired) electrons. The van der Waals surface area contributed by atoms with E-state index in [-0.39, 0.29) is 5.91 Å². The van der Waals surface area contributed by atoms with Crippen LogP contribution in [0.25, 0.3) is 0 Å². The first kappa shape index (κ1) is 16.3. The second kappa shape index (κ2) is 8.41. The zero-order valence-corrected chi connectivity index (χ0v) is 13.1. The van der Waals surface area contributed by atoms with Crippen LogP contribution < -0.4 is 10.1 Å². The second-order valence-electron chi connectivity index (χ2n) is 4.72. The van der Waals surface area contributed by atoms with Crippen molar-refractivity contribution < 1.29 is 14.3 Å². The number of carbonyl (C=O) groups excluding carboxylic acids is 1.